The third kappa shape index (κ3) is 2.74. The smallest absolute Gasteiger partial charge is 0.315 e. The van der Waals surface area contributed by atoms with Gasteiger partial charge in [-0.1, -0.05) is 23.4 Å². The molecular weight excluding hydrogens is 238 g/mol. The van der Waals surface area contributed by atoms with Gasteiger partial charge in [0.05, 0.1) is 10.5 Å². The Bertz CT molecular complexity index is 641. The number of rotatable bonds is 1. The first-order valence-corrected chi connectivity index (χ1v) is 5.29. The normalized spacial score (nSPS) is 9.71. The number of carboxylic acid groups (broad SMARTS) is 1. The fourth-order valence-electron chi connectivity index (χ4n) is 1.41. The Morgan fingerprint density at radius 1 is 1.41 bits per heavy atom. The zero-order valence-corrected chi connectivity index (χ0v) is 9.53. The van der Waals surface area contributed by atoms with E-state index < -0.39 is 5.97 Å². The van der Waals surface area contributed by atoms with E-state index in [1.165, 1.54) is 0 Å². The van der Waals surface area contributed by atoms with Crippen LogP contribution >= 0.6 is 11.6 Å². The highest BCUT2D eigenvalue weighted by Crippen LogP contribution is 2.22. The molecule has 0 atom stereocenters. The van der Waals surface area contributed by atoms with Gasteiger partial charge in [0.2, 0.25) is 0 Å². The van der Waals surface area contributed by atoms with Crippen LogP contribution in [0.5, 0.6) is 0 Å². The highest BCUT2D eigenvalue weighted by molar-refractivity contribution is 6.35. The average Bonchev–Trinajstić information content (AvgIpc) is 2.30. The number of fused-ring (bicyclic) bond motifs is 1. The number of benzene rings is 1. The van der Waals surface area contributed by atoms with Gasteiger partial charge in [0.1, 0.15) is 6.42 Å². The van der Waals surface area contributed by atoms with Crippen molar-refractivity contribution < 1.29 is 9.90 Å². The Morgan fingerprint density at radius 3 is 3.00 bits per heavy atom. The van der Waals surface area contributed by atoms with Crippen LogP contribution in [0.3, 0.4) is 0 Å². The van der Waals surface area contributed by atoms with Gasteiger partial charge in [-0.3, -0.25) is 9.78 Å². The number of carboxylic acids is 1. The quantitative estimate of drug-likeness (QED) is 0.786. The van der Waals surface area contributed by atoms with Crippen molar-refractivity contribution in [2.24, 2.45) is 0 Å². The van der Waals surface area contributed by atoms with E-state index in [0.29, 0.717) is 5.02 Å². The minimum absolute atomic E-state index is 0.168. The summed E-state index contributed by atoms with van der Waals surface area (Å²) in [6, 6.07) is 7.12. The predicted molar refractivity (Wildman–Crippen MR) is 65.9 cm³/mol. The monoisotopic (exact) mass is 245 g/mol. The number of nitrogens with zero attached hydrogens (tertiary/aromatic N) is 1. The van der Waals surface area contributed by atoms with Crippen LogP contribution in [0.1, 0.15) is 12.0 Å². The molecule has 0 bridgehead atoms. The molecule has 0 radical (unpaired) electrons. The number of carbonyl (C=O) groups is 1. The summed E-state index contributed by atoms with van der Waals surface area (Å²) in [6.45, 7) is 0. The fourth-order valence-corrected chi connectivity index (χ4v) is 1.62. The molecule has 0 aliphatic heterocycles. The van der Waals surface area contributed by atoms with Crippen LogP contribution < -0.4 is 0 Å². The van der Waals surface area contributed by atoms with Gasteiger partial charge in [-0.25, -0.2) is 0 Å². The van der Waals surface area contributed by atoms with Crippen molar-refractivity contribution in [3.8, 4) is 11.8 Å². The summed E-state index contributed by atoms with van der Waals surface area (Å²) in [5.41, 5.74) is 1.52. The number of aromatic nitrogens is 1. The molecule has 3 nitrogen and oxygen atoms in total. The summed E-state index contributed by atoms with van der Waals surface area (Å²) in [6.07, 6.45) is 1.47. The van der Waals surface area contributed by atoms with E-state index in [-0.39, 0.29) is 6.42 Å². The lowest BCUT2D eigenvalue weighted by atomic mass is 10.1. The SMILES string of the molecule is O=C(O)CC#Cc1ccc2nccc(Cl)c2c1. The van der Waals surface area contributed by atoms with Crippen LogP contribution in [0.4, 0.5) is 0 Å². The summed E-state index contributed by atoms with van der Waals surface area (Å²) in [5.74, 6) is 4.42. The minimum atomic E-state index is -0.932. The molecule has 4 heteroatoms. The zero-order chi connectivity index (χ0) is 12.3. The molecule has 0 amide bonds. The van der Waals surface area contributed by atoms with Crippen molar-refractivity contribution in [2.45, 2.75) is 6.42 Å². The Balaban J connectivity index is 2.40. The Kier molecular flexibility index (Phi) is 3.27. The highest BCUT2D eigenvalue weighted by Gasteiger charge is 1.99. The molecule has 0 saturated heterocycles. The third-order valence-corrected chi connectivity index (χ3v) is 2.49. The van der Waals surface area contributed by atoms with E-state index in [1.807, 2.05) is 6.07 Å². The summed E-state index contributed by atoms with van der Waals surface area (Å²) in [4.78, 5) is 14.5. The van der Waals surface area contributed by atoms with Gasteiger partial charge in [0, 0.05) is 17.1 Å². The molecule has 0 aliphatic carbocycles. The van der Waals surface area contributed by atoms with Crippen molar-refractivity contribution >= 4 is 28.5 Å². The molecule has 1 heterocycles. The first-order valence-electron chi connectivity index (χ1n) is 4.92. The summed E-state index contributed by atoms with van der Waals surface area (Å²) < 4.78 is 0. The second-order valence-corrected chi connectivity index (χ2v) is 3.80. The number of pyridine rings is 1. The highest BCUT2D eigenvalue weighted by atomic mass is 35.5. The van der Waals surface area contributed by atoms with Crippen molar-refractivity contribution in [3.05, 3.63) is 41.0 Å². The molecule has 84 valence electrons. The van der Waals surface area contributed by atoms with Gasteiger partial charge in [-0.2, -0.15) is 0 Å². The standard InChI is InChI=1S/C13H8ClNO2/c14-11-6-7-15-12-5-4-9(8-10(11)12)2-1-3-13(16)17/h4-8H,3H2,(H,16,17). The first-order chi connectivity index (χ1) is 8.16. The number of halogens is 1. The van der Waals surface area contributed by atoms with Crippen LogP contribution in [-0.2, 0) is 4.79 Å². The molecule has 0 unspecified atom stereocenters. The van der Waals surface area contributed by atoms with E-state index >= 15 is 0 Å². The van der Waals surface area contributed by atoms with Crippen molar-refractivity contribution in [1.29, 1.82) is 0 Å². The molecule has 0 saturated carbocycles. The van der Waals surface area contributed by atoms with E-state index in [1.54, 1.807) is 24.4 Å². The van der Waals surface area contributed by atoms with E-state index in [0.717, 1.165) is 16.5 Å². The lowest BCUT2D eigenvalue weighted by Crippen LogP contribution is -1.90. The fraction of sp³-hybridized carbons (Fsp3) is 0.0769. The van der Waals surface area contributed by atoms with Crippen LogP contribution in [-0.4, -0.2) is 16.1 Å². The molecule has 17 heavy (non-hydrogen) atoms. The predicted octanol–water partition coefficient (Wildman–Crippen LogP) is 2.71. The summed E-state index contributed by atoms with van der Waals surface area (Å²) >= 11 is 6.03. The van der Waals surface area contributed by atoms with Gasteiger partial charge >= 0.3 is 5.97 Å². The zero-order valence-electron chi connectivity index (χ0n) is 8.77. The number of aliphatic carboxylic acids is 1. The first kappa shape index (κ1) is 11.4. The molecular formula is C13H8ClNO2. The maximum absolute atomic E-state index is 10.3. The van der Waals surface area contributed by atoms with Crippen LogP contribution in [0, 0.1) is 11.8 Å². The van der Waals surface area contributed by atoms with Gasteiger partial charge in [-0.05, 0) is 24.3 Å². The van der Waals surface area contributed by atoms with Crippen LogP contribution in [0.2, 0.25) is 5.02 Å². The average molecular weight is 246 g/mol. The topological polar surface area (TPSA) is 50.2 Å². The summed E-state index contributed by atoms with van der Waals surface area (Å²) in [5, 5.41) is 9.90. The Morgan fingerprint density at radius 2 is 2.24 bits per heavy atom. The second kappa shape index (κ2) is 4.86. The molecule has 0 spiro atoms. The maximum atomic E-state index is 10.3. The maximum Gasteiger partial charge on any atom is 0.315 e. The third-order valence-electron chi connectivity index (χ3n) is 2.16. The number of hydrogen-bond donors (Lipinski definition) is 1. The van der Waals surface area contributed by atoms with Crippen molar-refractivity contribution in [3.63, 3.8) is 0 Å². The van der Waals surface area contributed by atoms with E-state index in [4.69, 9.17) is 16.7 Å². The molecule has 0 aliphatic rings. The second-order valence-electron chi connectivity index (χ2n) is 3.40. The van der Waals surface area contributed by atoms with Gasteiger partial charge in [0.15, 0.2) is 0 Å². The Hall–Kier alpha value is -2.05. The van der Waals surface area contributed by atoms with Gasteiger partial charge in [-0.15, -0.1) is 0 Å². The molecule has 1 aromatic carbocycles. The van der Waals surface area contributed by atoms with Gasteiger partial charge in [0.25, 0.3) is 0 Å². The van der Waals surface area contributed by atoms with E-state index in [9.17, 15) is 4.79 Å². The molecule has 2 aromatic rings. The molecule has 2 rings (SSSR count). The van der Waals surface area contributed by atoms with Crippen molar-refractivity contribution in [1.82, 2.24) is 4.98 Å². The van der Waals surface area contributed by atoms with Gasteiger partial charge < -0.3 is 5.11 Å². The molecule has 1 aromatic heterocycles. The van der Waals surface area contributed by atoms with Crippen LogP contribution in [0.25, 0.3) is 10.9 Å². The minimum Gasteiger partial charge on any atom is -0.481 e. The van der Waals surface area contributed by atoms with Crippen molar-refractivity contribution in [2.75, 3.05) is 0 Å². The van der Waals surface area contributed by atoms with E-state index in [2.05, 4.69) is 16.8 Å². The lowest BCUT2D eigenvalue weighted by Gasteiger charge is -1.99. The summed E-state index contributed by atoms with van der Waals surface area (Å²) in [7, 11) is 0. The Labute approximate surface area is 103 Å². The lowest BCUT2D eigenvalue weighted by molar-refractivity contribution is -0.135. The molecule has 1 N–H and O–H groups in total. The number of hydrogen-bond acceptors (Lipinski definition) is 2. The molecule has 0 fully saturated rings. The largest absolute Gasteiger partial charge is 0.481 e. The van der Waals surface area contributed by atoms with Crippen LogP contribution in [0.15, 0.2) is 30.5 Å².